The van der Waals surface area contributed by atoms with Crippen LogP contribution in [0.15, 0.2) is 24.3 Å². The van der Waals surface area contributed by atoms with E-state index in [1.54, 1.807) is 0 Å². The second kappa shape index (κ2) is 7.57. The highest BCUT2D eigenvalue weighted by molar-refractivity contribution is 5.69. The van der Waals surface area contributed by atoms with E-state index in [2.05, 4.69) is 30.1 Å². The minimum Gasteiger partial charge on any atom is -0.427 e. The van der Waals surface area contributed by atoms with Crippen LogP contribution in [-0.2, 0) is 4.79 Å². The van der Waals surface area contributed by atoms with Crippen molar-refractivity contribution >= 4 is 5.97 Å². The van der Waals surface area contributed by atoms with Crippen molar-refractivity contribution in [2.75, 3.05) is 26.2 Å². The normalized spacial score (nSPS) is 19.0. The number of ether oxygens (including phenoxy) is 1. The lowest BCUT2D eigenvalue weighted by Crippen LogP contribution is -2.46. The van der Waals surface area contributed by atoms with E-state index in [1.165, 1.54) is 12.5 Å². The van der Waals surface area contributed by atoms with Gasteiger partial charge < -0.3 is 10.1 Å². The molecule has 2 atom stereocenters. The van der Waals surface area contributed by atoms with Crippen LogP contribution < -0.4 is 10.1 Å². The molecular weight excluding hydrogens is 264 g/mol. The molecule has 0 aromatic heterocycles. The van der Waals surface area contributed by atoms with Crippen LogP contribution in [0.4, 0.5) is 0 Å². The zero-order chi connectivity index (χ0) is 15.2. The number of carbonyl (C=O) groups is 1. The van der Waals surface area contributed by atoms with Crippen molar-refractivity contribution in [3.8, 4) is 5.75 Å². The third-order valence-electron chi connectivity index (χ3n) is 4.19. The summed E-state index contributed by atoms with van der Waals surface area (Å²) in [5.74, 6) is 0.938. The first-order valence-electron chi connectivity index (χ1n) is 7.85. The van der Waals surface area contributed by atoms with Gasteiger partial charge >= 0.3 is 5.97 Å². The Kier molecular flexibility index (Phi) is 5.76. The van der Waals surface area contributed by atoms with Gasteiger partial charge in [-0.05, 0) is 23.6 Å². The van der Waals surface area contributed by atoms with Crippen molar-refractivity contribution in [3.63, 3.8) is 0 Å². The van der Waals surface area contributed by atoms with Crippen molar-refractivity contribution in [3.05, 3.63) is 29.8 Å². The van der Waals surface area contributed by atoms with E-state index >= 15 is 0 Å². The van der Waals surface area contributed by atoms with Gasteiger partial charge in [0, 0.05) is 39.1 Å². The average Bonchev–Trinajstić information content (AvgIpc) is 2.48. The molecule has 1 unspecified atom stereocenters. The highest BCUT2D eigenvalue weighted by atomic mass is 16.5. The first-order chi connectivity index (χ1) is 10.1. The molecule has 1 fully saturated rings. The van der Waals surface area contributed by atoms with Crippen LogP contribution >= 0.6 is 0 Å². The Balaban J connectivity index is 2.25. The number of nitrogens with zero attached hydrogens (tertiary/aromatic N) is 1. The minimum absolute atomic E-state index is 0.269. The van der Waals surface area contributed by atoms with Gasteiger partial charge in [-0.15, -0.1) is 0 Å². The first kappa shape index (κ1) is 16.0. The molecule has 1 aromatic carbocycles. The highest BCUT2D eigenvalue weighted by Gasteiger charge is 2.26. The van der Waals surface area contributed by atoms with E-state index < -0.39 is 0 Å². The summed E-state index contributed by atoms with van der Waals surface area (Å²) in [4.78, 5) is 13.7. The van der Waals surface area contributed by atoms with Gasteiger partial charge in [-0.25, -0.2) is 0 Å². The molecule has 0 bridgehead atoms. The van der Waals surface area contributed by atoms with Crippen LogP contribution in [0.5, 0.6) is 5.75 Å². The number of hydrogen-bond acceptors (Lipinski definition) is 4. The van der Waals surface area contributed by atoms with Crippen LogP contribution in [-0.4, -0.2) is 37.0 Å². The fraction of sp³-hybridized carbons (Fsp3) is 0.588. The molecule has 0 radical (unpaired) electrons. The van der Waals surface area contributed by atoms with Gasteiger partial charge in [0.1, 0.15) is 5.75 Å². The highest BCUT2D eigenvalue weighted by Crippen LogP contribution is 2.32. The van der Waals surface area contributed by atoms with Crippen LogP contribution in [0.25, 0.3) is 0 Å². The smallest absolute Gasteiger partial charge is 0.308 e. The standard InChI is InChI=1S/C17H26N2O2/c1-4-13(2)17(19-10-8-18-9-11-19)15-6-5-7-16(12-15)21-14(3)20/h5-7,12-13,17-18H,4,8-11H2,1-3H3/t13?,17-/m0/s1. The maximum absolute atomic E-state index is 11.1. The van der Waals surface area contributed by atoms with E-state index in [4.69, 9.17) is 4.74 Å². The van der Waals surface area contributed by atoms with E-state index in [1.807, 2.05) is 18.2 Å². The number of rotatable bonds is 5. The molecule has 1 aromatic rings. The quantitative estimate of drug-likeness (QED) is 0.668. The molecular formula is C17H26N2O2. The second-order valence-corrected chi connectivity index (χ2v) is 5.78. The maximum Gasteiger partial charge on any atom is 0.308 e. The zero-order valence-corrected chi connectivity index (χ0v) is 13.3. The van der Waals surface area contributed by atoms with Gasteiger partial charge in [0.2, 0.25) is 0 Å². The van der Waals surface area contributed by atoms with Crippen molar-refractivity contribution in [2.45, 2.75) is 33.2 Å². The molecule has 2 rings (SSSR count). The molecule has 1 aliphatic heterocycles. The van der Waals surface area contributed by atoms with Crippen molar-refractivity contribution < 1.29 is 9.53 Å². The fourth-order valence-electron chi connectivity index (χ4n) is 3.01. The molecule has 0 saturated carbocycles. The van der Waals surface area contributed by atoms with E-state index in [0.29, 0.717) is 17.7 Å². The number of esters is 1. The number of benzene rings is 1. The maximum atomic E-state index is 11.1. The largest absolute Gasteiger partial charge is 0.427 e. The molecule has 1 saturated heterocycles. The number of nitrogens with one attached hydrogen (secondary N) is 1. The third kappa shape index (κ3) is 4.29. The van der Waals surface area contributed by atoms with Crippen LogP contribution in [0, 0.1) is 5.92 Å². The molecule has 116 valence electrons. The van der Waals surface area contributed by atoms with Crippen LogP contribution in [0.2, 0.25) is 0 Å². The lowest BCUT2D eigenvalue weighted by atomic mass is 9.90. The molecule has 0 amide bonds. The summed E-state index contributed by atoms with van der Waals surface area (Å²) >= 11 is 0. The first-order valence-corrected chi connectivity index (χ1v) is 7.85. The summed E-state index contributed by atoms with van der Waals surface area (Å²) < 4.78 is 5.24. The Hall–Kier alpha value is -1.39. The molecule has 0 spiro atoms. The van der Waals surface area contributed by atoms with Gasteiger partial charge in [-0.1, -0.05) is 32.4 Å². The predicted molar refractivity (Wildman–Crippen MR) is 84.4 cm³/mol. The number of carbonyl (C=O) groups excluding carboxylic acids is 1. The summed E-state index contributed by atoms with van der Waals surface area (Å²) in [6.07, 6.45) is 1.13. The molecule has 4 nitrogen and oxygen atoms in total. The zero-order valence-electron chi connectivity index (χ0n) is 13.3. The SMILES string of the molecule is CCC(C)[C@@H](c1cccc(OC(C)=O)c1)N1CCNCC1. The molecule has 0 aliphatic carbocycles. The summed E-state index contributed by atoms with van der Waals surface area (Å²) in [5, 5.41) is 3.40. The molecule has 1 aliphatic rings. The minimum atomic E-state index is -0.269. The van der Waals surface area contributed by atoms with Gasteiger partial charge in [0.15, 0.2) is 0 Å². The Bertz CT molecular complexity index is 470. The summed E-state index contributed by atoms with van der Waals surface area (Å²) in [6, 6.07) is 8.36. The lowest BCUT2D eigenvalue weighted by molar-refractivity contribution is -0.131. The number of hydrogen-bond donors (Lipinski definition) is 1. The van der Waals surface area contributed by atoms with E-state index in [9.17, 15) is 4.79 Å². The van der Waals surface area contributed by atoms with Gasteiger partial charge in [-0.3, -0.25) is 9.69 Å². The van der Waals surface area contributed by atoms with E-state index in [-0.39, 0.29) is 5.97 Å². The van der Waals surface area contributed by atoms with Crippen LogP contribution in [0.3, 0.4) is 0 Å². The summed E-state index contributed by atoms with van der Waals surface area (Å²) in [5.41, 5.74) is 1.24. The lowest BCUT2D eigenvalue weighted by Gasteiger charge is -2.38. The molecule has 1 N–H and O–H groups in total. The number of piperazine rings is 1. The Morgan fingerprint density at radius 3 is 2.71 bits per heavy atom. The summed E-state index contributed by atoms with van der Waals surface area (Å²) in [7, 11) is 0. The molecule has 21 heavy (non-hydrogen) atoms. The topological polar surface area (TPSA) is 41.6 Å². The van der Waals surface area contributed by atoms with Crippen molar-refractivity contribution in [1.82, 2.24) is 10.2 Å². The summed E-state index contributed by atoms with van der Waals surface area (Å²) in [6.45, 7) is 10.2. The second-order valence-electron chi connectivity index (χ2n) is 5.78. The van der Waals surface area contributed by atoms with Gasteiger partial charge in [0.05, 0.1) is 0 Å². The van der Waals surface area contributed by atoms with Gasteiger partial charge in [-0.2, -0.15) is 0 Å². The monoisotopic (exact) mass is 290 g/mol. The average molecular weight is 290 g/mol. The fourth-order valence-corrected chi connectivity index (χ4v) is 3.01. The van der Waals surface area contributed by atoms with E-state index in [0.717, 1.165) is 32.6 Å². The van der Waals surface area contributed by atoms with Gasteiger partial charge in [0.25, 0.3) is 0 Å². The Morgan fingerprint density at radius 2 is 2.10 bits per heavy atom. The van der Waals surface area contributed by atoms with Crippen molar-refractivity contribution in [2.24, 2.45) is 5.92 Å². The van der Waals surface area contributed by atoms with Crippen LogP contribution in [0.1, 0.15) is 38.8 Å². The third-order valence-corrected chi connectivity index (χ3v) is 4.19. The Labute approximate surface area is 127 Å². The predicted octanol–water partition coefficient (Wildman–Crippen LogP) is 2.60. The molecule has 1 heterocycles. The molecule has 4 heteroatoms. The van der Waals surface area contributed by atoms with Crippen molar-refractivity contribution in [1.29, 1.82) is 0 Å². The Morgan fingerprint density at radius 1 is 1.38 bits per heavy atom.